The van der Waals surface area contributed by atoms with E-state index in [1.165, 1.54) is 11.1 Å². The van der Waals surface area contributed by atoms with Crippen molar-refractivity contribution in [2.45, 2.75) is 20.8 Å². The fraction of sp³-hybridized carbons (Fsp3) is 0.211. The van der Waals surface area contributed by atoms with Crippen LogP contribution in [0.4, 0.5) is 16.5 Å². The van der Waals surface area contributed by atoms with Crippen molar-refractivity contribution >= 4 is 37.9 Å². The Hall–Kier alpha value is -2.38. The molecule has 0 bridgehead atoms. The number of anilines is 3. The molecule has 0 fully saturated rings. The fourth-order valence-corrected chi connectivity index (χ4v) is 3.99. The van der Waals surface area contributed by atoms with Gasteiger partial charge in [0.2, 0.25) is 10.0 Å². The molecule has 0 spiro atoms. The van der Waals surface area contributed by atoms with Crippen molar-refractivity contribution < 1.29 is 8.42 Å². The Morgan fingerprint density at radius 3 is 2.19 bits per heavy atom. The Morgan fingerprint density at radius 1 is 0.923 bits per heavy atom. The lowest BCUT2D eigenvalue weighted by atomic mass is 10.1. The number of nitrogens with one attached hydrogen (secondary N) is 2. The van der Waals surface area contributed by atoms with Gasteiger partial charge >= 0.3 is 0 Å². The third-order valence-electron chi connectivity index (χ3n) is 4.02. The predicted octanol–water partition coefficient (Wildman–Crippen LogP) is 4.85. The molecule has 0 aliphatic rings. The molecule has 2 N–H and O–H groups in total. The lowest BCUT2D eigenvalue weighted by Gasteiger charge is -2.06. The van der Waals surface area contributed by atoms with Crippen LogP contribution < -0.4 is 10.0 Å². The molecule has 0 aliphatic heterocycles. The van der Waals surface area contributed by atoms with Gasteiger partial charge in [-0.05, 0) is 56.2 Å². The molecular formula is C19H21N3O2S2. The minimum absolute atomic E-state index is 0.539. The maximum Gasteiger partial charge on any atom is 0.229 e. The Bertz CT molecular complexity index is 1040. The smallest absolute Gasteiger partial charge is 0.229 e. The molecule has 0 atom stereocenters. The van der Waals surface area contributed by atoms with Gasteiger partial charge in [0.1, 0.15) is 0 Å². The third kappa shape index (κ3) is 4.42. The standard InChI is InChI=1S/C19H21N3O2S2/c1-12-5-8-17(11-13(12)2)20-19-21-18(14(3)25-19)15-6-9-16(10-7-15)22-26(4,23)24/h5-11,22H,1-4H3,(H,20,21). The predicted molar refractivity (Wildman–Crippen MR) is 110 cm³/mol. The minimum atomic E-state index is -3.27. The summed E-state index contributed by atoms with van der Waals surface area (Å²) in [7, 11) is -3.27. The van der Waals surface area contributed by atoms with Crippen molar-refractivity contribution in [2.75, 3.05) is 16.3 Å². The van der Waals surface area contributed by atoms with Gasteiger partial charge in [-0.25, -0.2) is 13.4 Å². The highest BCUT2D eigenvalue weighted by molar-refractivity contribution is 7.92. The van der Waals surface area contributed by atoms with Crippen molar-refractivity contribution in [1.82, 2.24) is 4.98 Å². The van der Waals surface area contributed by atoms with E-state index in [0.29, 0.717) is 5.69 Å². The molecule has 7 heteroatoms. The van der Waals surface area contributed by atoms with Gasteiger partial charge in [0.05, 0.1) is 11.9 Å². The molecule has 2 aromatic carbocycles. The van der Waals surface area contributed by atoms with E-state index in [-0.39, 0.29) is 0 Å². The molecule has 1 heterocycles. The summed E-state index contributed by atoms with van der Waals surface area (Å²) >= 11 is 1.59. The second-order valence-corrected chi connectivity index (χ2v) is 9.25. The summed E-state index contributed by atoms with van der Waals surface area (Å²) in [5.41, 5.74) is 5.89. The van der Waals surface area contributed by atoms with Gasteiger partial charge in [-0.15, -0.1) is 11.3 Å². The monoisotopic (exact) mass is 387 g/mol. The van der Waals surface area contributed by atoms with Crippen LogP contribution >= 0.6 is 11.3 Å². The van der Waals surface area contributed by atoms with Crippen molar-refractivity contribution in [1.29, 1.82) is 0 Å². The average Bonchev–Trinajstić information content (AvgIpc) is 2.91. The Labute approximate surface area is 158 Å². The molecule has 0 amide bonds. The second kappa shape index (κ2) is 7.09. The van der Waals surface area contributed by atoms with Crippen molar-refractivity contribution in [3.8, 4) is 11.3 Å². The van der Waals surface area contributed by atoms with E-state index in [9.17, 15) is 8.42 Å². The number of aromatic nitrogens is 1. The first kappa shape index (κ1) is 18.4. The van der Waals surface area contributed by atoms with Gasteiger partial charge in [0.15, 0.2) is 5.13 Å². The van der Waals surface area contributed by atoms with Gasteiger partial charge in [0.25, 0.3) is 0 Å². The number of sulfonamides is 1. The molecule has 0 saturated carbocycles. The van der Waals surface area contributed by atoms with Crippen molar-refractivity contribution in [3.63, 3.8) is 0 Å². The van der Waals surface area contributed by atoms with Crippen LogP contribution in [-0.2, 0) is 10.0 Å². The van der Waals surface area contributed by atoms with Crippen LogP contribution in [-0.4, -0.2) is 19.7 Å². The van der Waals surface area contributed by atoms with E-state index in [4.69, 9.17) is 4.98 Å². The zero-order valence-corrected chi connectivity index (χ0v) is 16.8. The molecule has 3 rings (SSSR count). The first-order valence-corrected chi connectivity index (χ1v) is 10.8. The molecule has 1 aromatic heterocycles. The minimum Gasteiger partial charge on any atom is -0.332 e. The van der Waals surface area contributed by atoms with E-state index < -0.39 is 10.0 Å². The number of hydrogen-bond donors (Lipinski definition) is 2. The summed E-state index contributed by atoms with van der Waals surface area (Å²) in [5, 5.41) is 4.19. The highest BCUT2D eigenvalue weighted by atomic mass is 32.2. The van der Waals surface area contributed by atoms with Crippen LogP contribution in [0.3, 0.4) is 0 Å². The molecule has 5 nitrogen and oxygen atoms in total. The maximum absolute atomic E-state index is 11.3. The Kier molecular flexibility index (Phi) is 5.02. The van der Waals surface area contributed by atoms with Gasteiger partial charge in [-0.3, -0.25) is 4.72 Å². The zero-order chi connectivity index (χ0) is 18.9. The largest absolute Gasteiger partial charge is 0.332 e. The molecule has 136 valence electrons. The number of benzene rings is 2. The quantitative estimate of drug-likeness (QED) is 0.656. The first-order valence-electron chi connectivity index (χ1n) is 8.11. The molecule has 26 heavy (non-hydrogen) atoms. The van der Waals surface area contributed by atoms with Gasteiger partial charge in [-0.2, -0.15) is 0 Å². The summed E-state index contributed by atoms with van der Waals surface area (Å²) in [6.07, 6.45) is 1.14. The van der Waals surface area contributed by atoms with Crippen LogP contribution in [0.5, 0.6) is 0 Å². The van der Waals surface area contributed by atoms with Crippen molar-refractivity contribution in [2.24, 2.45) is 0 Å². The topological polar surface area (TPSA) is 71.1 Å². The summed E-state index contributed by atoms with van der Waals surface area (Å²) in [5.74, 6) is 0. The lowest BCUT2D eigenvalue weighted by molar-refractivity contribution is 0.607. The highest BCUT2D eigenvalue weighted by Crippen LogP contribution is 2.32. The zero-order valence-electron chi connectivity index (χ0n) is 15.1. The average molecular weight is 388 g/mol. The SMILES string of the molecule is Cc1ccc(Nc2nc(-c3ccc(NS(C)(=O)=O)cc3)c(C)s2)cc1C. The number of nitrogens with zero attached hydrogens (tertiary/aromatic N) is 1. The van der Waals surface area contributed by atoms with E-state index in [1.54, 1.807) is 23.5 Å². The van der Waals surface area contributed by atoms with Crippen LogP contribution in [0.25, 0.3) is 11.3 Å². The maximum atomic E-state index is 11.3. The normalized spacial score (nSPS) is 11.4. The molecule has 0 aliphatic carbocycles. The summed E-state index contributed by atoms with van der Waals surface area (Å²) in [6.45, 7) is 6.21. The van der Waals surface area contributed by atoms with E-state index in [2.05, 4.69) is 36.0 Å². The number of rotatable bonds is 5. The van der Waals surface area contributed by atoms with Crippen LogP contribution in [0, 0.1) is 20.8 Å². The highest BCUT2D eigenvalue weighted by Gasteiger charge is 2.11. The first-order chi connectivity index (χ1) is 12.2. The summed E-state index contributed by atoms with van der Waals surface area (Å²) in [4.78, 5) is 5.80. The number of aryl methyl sites for hydroxylation is 3. The lowest BCUT2D eigenvalue weighted by Crippen LogP contribution is -2.09. The van der Waals surface area contributed by atoms with E-state index in [1.807, 2.05) is 25.1 Å². The van der Waals surface area contributed by atoms with Crippen LogP contribution in [0.1, 0.15) is 16.0 Å². The number of thiazole rings is 1. The van der Waals surface area contributed by atoms with Crippen LogP contribution in [0.15, 0.2) is 42.5 Å². The van der Waals surface area contributed by atoms with Crippen molar-refractivity contribution in [3.05, 3.63) is 58.5 Å². The molecule has 0 saturated heterocycles. The summed E-state index contributed by atoms with van der Waals surface area (Å²) < 4.78 is 25.1. The Morgan fingerprint density at radius 2 is 1.58 bits per heavy atom. The Balaban J connectivity index is 1.82. The molecule has 0 radical (unpaired) electrons. The van der Waals surface area contributed by atoms with E-state index >= 15 is 0 Å². The number of hydrogen-bond acceptors (Lipinski definition) is 5. The van der Waals surface area contributed by atoms with Gasteiger partial charge in [-0.1, -0.05) is 18.2 Å². The molecule has 3 aromatic rings. The molecular weight excluding hydrogens is 366 g/mol. The van der Waals surface area contributed by atoms with E-state index in [0.717, 1.165) is 33.2 Å². The van der Waals surface area contributed by atoms with Gasteiger partial charge < -0.3 is 5.32 Å². The van der Waals surface area contributed by atoms with Crippen LogP contribution in [0.2, 0.25) is 0 Å². The van der Waals surface area contributed by atoms with Gasteiger partial charge in [0, 0.05) is 21.8 Å². The third-order valence-corrected chi connectivity index (χ3v) is 5.51. The summed E-state index contributed by atoms with van der Waals surface area (Å²) in [6, 6.07) is 13.5. The molecule has 0 unspecified atom stereocenters. The fourth-order valence-electron chi connectivity index (χ4n) is 2.57. The second-order valence-electron chi connectivity index (χ2n) is 6.30.